The Morgan fingerprint density at radius 3 is 2.23 bits per heavy atom. The summed E-state index contributed by atoms with van der Waals surface area (Å²) in [5, 5.41) is 12.6. The van der Waals surface area contributed by atoms with E-state index in [4.69, 9.17) is 4.84 Å². The standard InChI is InChI=1S/C34H53NO4/c1-29(2)25-11-14-34(7)27(32(25,5)13-12-26(29)37)24(36)19-22-23-20-31(4,28(38)35(39-8)21-9-10-21)16-15-30(23,3)17-18-33(22,34)6/h19,21,23,25-27,37H,9-18,20H2,1-8H3/t23-,25?,26-,27+,30+,31-,32-,33+,34+/m0/s1. The van der Waals surface area contributed by atoms with E-state index in [1.54, 1.807) is 12.2 Å². The lowest BCUT2D eigenvalue weighted by Crippen LogP contribution is -2.66. The molecule has 5 saturated carbocycles. The average Bonchev–Trinajstić information content (AvgIpc) is 3.70. The fourth-order valence-corrected chi connectivity index (χ4v) is 11.3. The van der Waals surface area contributed by atoms with Gasteiger partial charge in [-0.2, -0.15) is 0 Å². The van der Waals surface area contributed by atoms with Gasteiger partial charge in [0.1, 0.15) is 0 Å². The van der Waals surface area contributed by atoms with Gasteiger partial charge in [0.25, 0.3) is 5.91 Å². The highest BCUT2D eigenvalue weighted by molar-refractivity contribution is 5.95. The van der Waals surface area contributed by atoms with Gasteiger partial charge in [-0.25, -0.2) is 5.06 Å². The van der Waals surface area contributed by atoms with Crippen LogP contribution in [0.4, 0.5) is 0 Å². The molecule has 0 spiro atoms. The zero-order valence-corrected chi connectivity index (χ0v) is 25.9. The van der Waals surface area contributed by atoms with E-state index in [9.17, 15) is 14.7 Å². The Morgan fingerprint density at radius 2 is 1.59 bits per heavy atom. The van der Waals surface area contributed by atoms with Crippen molar-refractivity contribution in [1.29, 1.82) is 0 Å². The predicted molar refractivity (Wildman–Crippen MR) is 152 cm³/mol. The number of carbonyl (C=O) groups excluding carboxylic acids is 2. The monoisotopic (exact) mass is 539 g/mol. The molecule has 1 amide bonds. The van der Waals surface area contributed by atoms with Crippen LogP contribution in [0.1, 0.15) is 119 Å². The first-order valence-corrected chi connectivity index (χ1v) is 15.9. The van der Waals surface area contributed by atoms with Gasteiger partial charge in [-0.15, -0.1) is 0 Å². The highest BCUT2D eigenvalue weighted by Crippen LogP contribution is 2.75. The van der Waals surface area contributed by atoms with Crippen LogP contribution in [0, 0.1) is 50.2 Å². The topological polar surface area (TPSA) is 66.8 Å². The second-order valence-corrected chi connectivity index (χ2v) is 16.7. The molecule has 1 N–H and O–H groups in total. The number of hydrogen-bond acceptors (Lipinski definition) is 4. The minimum Gasteiger partial charge on any atom is -0.393 e. The van der Waals surface area contributed by atoms with Crippen molar-refractivity contribution in [3.8, 4) is 0 Å². The number of hydroxylamine groups is 2. The van der Waals surface area contributed by atoms with Crippen molar-refractivity contribution in [2.75, 3.05) is 7.11 Å². The third-order valence-electron chi connectivity index (χ3n) is 14.3. The normalized spacial score (nSPS) is 50.6. The van der Waals surface area contributed by atoms with Gasteiger partial charge in [0.05, 0.1) is 19.3 Å². The Labute approximate surface area is 236 Å². The van der Waals surface area contributed by atoms with E-state index in [0.29, 0.717) is 11.7 Å². The highest BCUT2D eigenvalue weighted by atomic mass is 16.7. The van der Waals surface area contributed by atoms with Crippen molar-refractivity contribution in [2.45, 2.75) is 131 Å². The zero-order chi connectivity index (χ0) is 28.4. The summed E-state index contributed by atoms with van der Waals surface area (Å²) in [6.45, 7) is 16.4. The lowest BCUT2D eigenvalue weighted by atomic mass is 9.33. The molecule has 0 heterocycles. The van der Waals surface area contributed by atoms with E-state index in [1.807, 2.05) is 0 Å². The number of aliphatic hydroxyl groups is 1. The number of fused-ring (bicyclic) bond motifs is 7. The highest BCUT2D eigenvalue weighted by Gasteiger charge is 2.70. The molecule has 0 aromatic carbocycles. The van der Waals surface area contributed by atoms with E-state index in [1.165, 1.54) is 5.57 Å². The van der Waals surface area contributed by atoms with Gasteiger partial charge in [-0.05, 0) is 116 Å². The molecule has 9 atom stereocenters. The second-order valence-electron chi connectivity index (χ2n) is 16.7. The first kappa shape index (κ1) is 27.9. The smallest absolute Gasteiger partial charge is 0.252 e. The van der Waals surface area contributed by atoms with Gasteiger partial charge in [0.15, 0.2) is 5.78 Å². The maximum atomic E-state index is 14.5. The Kier molecular flexibility index (Phi) is 6.04. The molecule has 5 nitrogen and oxygen atoms in total. The zero-order valence-electron chi connectivity index (χ0n) is 25.9. The van der Waals surface area contributed by atoms with Crippen LogP contribution in [0.5, 0.6) is 0 Å². The number of rotatable bonds is 3. The molecule has 5 heteroatoms. The molecule has 0 bridgehead atoms. The SMILES string of the molecule is CON(C(=O)[C@@]1(C)CC[C@]2(C)CC[C@]3(C)C(=CC(=O)[C@@H]4[C@@]5(C)CC[C@H](O)C(C)(C)C5CC[C@]43C)[C@@H]2C1)C1CC1. The molecule has 0 aliphatic heterocycles. The largest absolute Gasteiger partial charge is 0.393 e. The minimum atomic E-state index is -0.462. The summed E-state index contributed by atoms with van der Waals surface area (Å²) in [5.74, 6) is 1.05. The van der Waals surface area contributed by atoms with Crippen molar-refractivity contribution in [2.24, 2.45) is 50.2 Å². The minimum absolute atomic E-state index is 0.0101. The summed E-state index contributed by atoms with van der Waals surface area (Å²) >= 11 is 0. The van der Waals surface area contributed by atoms with Crippen molar-refractivity contribution in [3.05, 3.63) is 11.6 Å². The Balaban J connectivity index is 1.40. The molecule has 0 aromatic heterocycles. The van der Waals surface area contributed by atoms with Gasteiger partial charge < -0.3 is 5.11 Å². The molecule has 0 radical (unpaired) electrons. The lowest BCUT2D eigenvalue weighted by Gasteiger charge is -2.70. The van der Waals surface area contributed by atoms with Gasteiger partial charge >= 0.3 is 0 Å². The number of nitrogens with zero attached hydrogens (tertiary/aromatic N) is 1. The van der Waals surface area contributed by atoms with Crippen LogP contribution in [0.2, 0.25) is 0 Å². The lowest BCUT2D eigenvalue weighted by molar-refractivity contribution is -0.205. The van der Waals surface area contributed by atoms with Crippen LogP contribution in [0.15, 0.2) is 11.6 Å². The van der Waals surface area contributed by atoms with E-state index < -0.39 is 5.41 Å². The Hall–Kier alpha value is -1.20. The van der Waals surface area contributed by atoms with E-state index in [0.717, 1.165) is 70.6 Å². The molecule has 6 rings (SSSR count). The van der Waals surface area contributed by atoms with Gasteiger partial charge in [0, 0.05) is 11.3 Å². The van der Waals surface area contributed by atoms with Gasteiger partial charge in [0.2, 0.25) is 0 Å². The number of aliphatic hydroxyl groups excluding tert-OH is 1. The van der Waals surface area contributed by atoms with Crippen LogP contribution in [0.3, 0.4) is 0 Å². The van der Waals surface area contributed by atoms with E-state index >= 15 is 0 Å². The summed E-state index contributed by atoms with van der Waals surface area (Å²) < 4.78 is 0. The molecule has 0 saturated heterocycles. The molecule has 6 aliphatic carbocycles. The molecule has 218 valence electrons. The van der Waals surface area contributed by atoms with Crippen LogP contribution in [0.25, 0.3) is 0 Å². The number of ketones is 1. The van der Waals surface area contributed by atoms with Crippen LogP contribution in [-0.2, 0) is 14.4 Å². The first-order chi connectivity index (χ1) is 18.1. The van der Waals surface area contributed by atoms with Crippen LogP contribution < -0.4 is 0 Å². The van der Waals surface area contributed by atoms with Crippen molar-refractivity contribution in [3.63, 3.8) is 0 Å². The molecule has 6 aliphatic rings. The van der Waals surface area contributed by atoms with Crippen molar-refractivity contribution in [1.82, 2.24) is 5.06 Å². The predicted octanol–water partition coefficient (Wildman–Crippen LogP) is 6.88. The van der Waals surface area contributed by atoms with E-state index in [-0.39, 0.29) is 57.0 Å². The average molecular weight is 540 g/mol. The summed E-state index contributed by atoms with van der Waals surface area (Å²) in [7, 11) is 1.63. The third kappa shape index (κ3) is 3.57. The number of amides is 1. The molecule has 39 heavy (non-hydrogen) atoms. The summed E-state index contributed by atoms with van der Waals surface area (Å²) in [6, 6.07) is 0.230. The fourth-order valence-electron chi connectivity index (χ4n) is 11.3. The number of carbonyl (C=O) groups is 2. The Morgan fingerprint density at radius 1 is 0.923 bits per heavy atom. The van der Waals surface area contributed by atoms with Crippen molar-refractivity contribution >= 4 is 11.7 Å². The van der Waals surface area contributed by atoms with E-state index in [2.05, 4.69) is 54.5 Å². The number of allylic oxidation sites excluding steroid dienone is 2. The quantitative estimate of drug-likeness (QED) is 0.397. The maximum absolute atomic E-state index is 14.5. The summed E-state index contributed by atoms with van der Waals surface area (Å²) in [6.07, 6.45) is 12.7. The summed E-state index contributed by atoms with van der Waals surface area (Å²) in [4.78, 5) is 34.0. The molecule has 0 aromatic rings. The van der Waals surface area contributed by atoms with Crippen LogP contribution in [-0.4, -0.2) is 41.1 Å². The molecule has 1 unspecified atom stereocenters. The summed E-state index contributed by atoms with van der Waals surface area (Å²) in [5.41, 5.74) is 0.585. The second kappa shape index (κ2) is 8.43. The maximum Gasteiger partial charge on any atom is 0.252 e. The first-order valence-electron chi connectivity index (χ1n) is 15.9. The van der Waals surface area contributed by atoms with Crippen molar-refractivity contribution < 1.29 is 19.5 Å². The van der Waals surface area contributed by atoms with Gasteiger partial charge in [-0.1, -0.05) is 54.0 Å². The Bertz CT molecular complexity index is 1110. The fraction of sp³-hybridized carbons (Fsp3) is 0.882. The number of hydrogen-bond donors (Lipinski definition) is 1. The van der Waals surface area contributed by atoms with Gasteiger partial charge in [-0.3, -0.25) is 14.4 Å². The molecular formula is C34H53NO4. The molecule has 5 fully saturated rings. The third-order valence-corrected chi connectivity index (χ3v) is 14.3. The molecular weight excluding hydrogens is 486 g/mol. The van der Waals surface area contributed by atoms with Crippen LogP contribution >= 0.6 is 0 Å².